The number of anilines is 2. The molecule has 21 heavy (non-hydrogen) atoms. The molecule has 0 saturated carbocycles. The molecule has 2 rings (SSSR count). The molecule has 2 N–H and O–H groups in total. The molecule has 0 aliphatic rings. The van der Waals surface area contributed by atoms with Gasteiger partial charge in [-0.1, -0.05) is 12.1 Å². The van der Waals surface area contributed by atoms with Crippen LogP contribution in [0.4, 0.5) is 29.3 Å². The predicted octanol–water partition coefficient (Wildman–Crippen LogP) is 3.37. The van der Waals surface area contributed by atoms with E-state index in [-0.39, 0.29) is 11.8 Å². The summed E-state index contributed by atoms with van der Waals surface area (Å²) in [6.07, 6.45) is -3.73. The van der Waals surface area contributed by atoms with Gasteiger partial charge in [0.15, 0.2) is 0 Å². The van der Waals surface area contributed by atoms with Crippen LogP contribution in [0.25, 0.3) is 10.9 Å². The van der Waals surface area contributed by atoms with Gasteiger partial charge in [-0.2, -0.15) is 13.8 Å². The molecule has 0 unspecified atom stereocenters. The van der Waals surface area contributed by atoms with E-state index in [1.165, 1.54) is 0 Å². The van der Waals surface area contributed by atoms with E-state index in [1.807, 2.05) is 6.92 Å². The molecule has 0 atom stereocenters. The first-order chi connectivity index (χ1) is 9.94. The zero-order chi connectivity index (χ0) is 15.5. The smallest absolute Gasteiger partial charge is 0.324 e. The van der Waals surface area contributed by atoms with Gasteiger partial charge in [-0.3, -0.25) is 0 Å². The predicted molar refractivity (Wildman–Crippen MR) is 73.1 cm³/mol. The Morgan fingerprint density at radius 1 is 1.14 bits per heavy atom. The van der Waals surface area contributed by atoms with Crippen LogP contribution in [-0.2, 0) is 0 Å². The van der Waals surface area contributed by atoms with Gasteiger partial charge in [-0.15, -0.1) is 0 Å². The third-order valence-electron chi connectivity index (χ3n) is 2.75. The highest BCUT2D eigenvalue weighted by molar-refractivity contribution is 5.90. The molecule has 0 fully saturated rings. The Morgan fingerprint density at radius 3 is 2.52 bits per heavy atom. The van der Waals surface area contributed by atoms with Crippen LogP contribution in [0.5, 0.6) is 0 Å². The van der Waals surface area contributed by atoms with Crippen LogP contribution in [0, 0.1) is 0 Å². The third-order valence-corrected chi connectivity index (χ3v) is 2.75. The van der Waals surface area contributed by atoms with Crippen LogP contribution in [0.15, 0.2) is 24.3 Å². The van der Waals surface area contributed by atoms with Crippen LogP contribution in [0.2, 0.25) is 0 Å². The SMILES string of the molecule is CCNc1nc(NCC(F)(F)C(F)F)c2ccccc2n1. The number of para-hydroxylation sites is 1. The highest BCUT2D eigenvalue weighted by Crippen LogP contribution is 2.26. The van der Waals surface area contributed by atoms with Gasteiger partial charge < -0.3 is 10.6 Å². The molecule has 0 amide bonds. The van der Waals surface area contributed by atoms with Crippen molar-refractivity contribution in [3.8, 4) is 0 Å². The summed E-state index contributed by atoms with van der Waals surface area (Å²) in [4.78, 5) is 8.25. The van der Waals surface area contributed by atoms with Crippen LogP contribution in [0.1, 0.15) is 6.92 Å². The molecule has 1 heterocycles. The number of aromatic nitrogens is 2. The largest absolute Gasteiger partial charge is 0.363 e. The maximum atomic E-state index is 13.0. The Labute approximate surface area is 118 Å². The number of halogens is 4. The number of hydrogen-bond acceptors (Lipinski definition) is 4. The average Bonchev–Trinajstić information content (AvgIpc) is 2.45. The van der Waals surface area contributed by atoms with E-state index in [1.54, 1.807) is 24.3 Å². The van der Waals surface area contributed by atoms with Crippen molar-refractivity contribution in [1.29, 1.82) is 0 Å². The van der Waals surface area contributed by atoms with Gasteiger partial charge in [-0.25, -0.2) is 13.8 Å². The number of hydrogen-bond donors (Lipinski definition) is 2. The highest BCUT2D eigenvalue weighted by atomic mass is 19.3. The van der Waals surface area contributed by atoms with Crippen molar-refractivity contribution >= 4 is 22.7 Å². The summed E-state index contributed by atoms with van der Waals surface area (Å²) in [6, 6.07) is 6.75. The number of nitrogens with one attached hydrogen (secondary N) is 2. The second kappa shape index (κ2) is 6.11. The Balaban J connectivity index is 2.33. The topological polar surface area (TPSA) is 49.8 Å². The minimum atomic E-state index is -4.12. The average molecular weight is 302 g/mol. The van der Waals surface area contributed by atoms with Gasteiger partial charge in [0.1, 0.15) is 5.82 Å². The molecule has 1 aromatic carbocycles. The van der Waals surface area contributed by atoms with Crippen LogP contribution >= 0.6 is 0 Å². The van der Waals surface area contributed by atoms with Crippen molar-refractivity contribution in [1.82, 2.24) is 9.97 Å². The summed E-state index contributed by atoms with van der Waals surface area (Å²) in [5, 5.41) is 5.64. The van der Waals surface area contributed by atoms with E-state index in [0.717, 1.165) is 0 Å². The standard InChI is InChI=1S/C13H14F4N4/c1-2-18-12-20-9-6-4-3-5-8(9)10(21-12)19-7-13(16,17)11(14)15/h3-6,11H,2,7H2,1H3,(H2,18,19,20,21). The fourth-order valence-electron chi connectivity index (χ4n) is 1.73. The van der Waals surface area contributed by atoms with Gasteiger partial charge >= 0.3 is 12.3 Å². The summed E-state index contributed by atoms with van der Waals surface area (Å²) >= 11 is 0. The molecular weight excluding hydrogens is 288 g/mol. The molecule has 0 radical (unpaired) electrons. The van der Waals surface area contributed by atoms with E-state index in [0.29, 0.717) is 17.4 Å². The number of fused-ring (bicyclic) bond motifs is 1. The fraction of sp³-hybridized carbons (Fsp3) is 0.385. The lowest BCUT2D eigenvalue weighted by atomic mass is 10.2. The summed E-state index contributed by atoms with van der Waals surface area (Å²) < 4.78 is 50.4. The van der Waals surface area contributed by atoms with Gasteiger partial charge in [0, 0.05) is 11.9 Å². The number of rotatable bonds is 6. The van der Waals surface area contributed by atoms with Crippen molar-refractivity contribution in [2.75, 3.05) is 23.7 Å². The van der Waals surface area contributed by atoms with Gasteiger partial charge in [-0.05, 0) is 19.1 Å². The second-order valence-corrected chi connectivity index (χ2v) is 4.36. The van der Waals surface area contributed by atoms with Gasteiger partial charge in [0.05, 0.1) is 12.1 Å². The van der Waals surface area contributed by atoms with Crippen LogP contribution in [0.3, 0.4) is 0 Å². The molecule has 4 nitrogen and oxygen atoms in total. The Morgan fingerprint density at radius 2 is 1.86 bits per heavy atom. The van der Waals surface area contributed by atoms with Crippen molar-refractivity contribution in [3.05, 3.63) is 24.3 Å². The molecule has 114 valence electrons. The summed E-state index contributed by atoms with van der Waals surface area (Å²) in [7, 11) is 0. The monoisotopic (exact) mass is 302 g/mol. The molecule has 1 aromatic heterocycles. The fourth-order valence-corrected chi connectivity index (χ4v) is 1.73. The van der Waals surface area contributed by atoms with Crippen molar-refractivity contribution in [3.63, 3.8) is 0 Å². The summed E-state index contributed by atoms with van der Waals surface area (Å²) in [5.74, 6) is -3.78. The van der Waals surface area contributed by atoms with E-state index >= 15 is 0 Å². The molecule has 0 bridgehead atoms. The van der Waals surface area contributed by atoms with Crippen LogP contribution < -0.4 is 10.6 Å². The van der Waals surface area contributed by atoms with E-state index < -0.39 is 18.9 Å². The van der Waals surface area contributed by atoms with E-state index in [9.17, 15) is 17.6 Å². The lowest BCUT2D eigenvalue weighted by Crippen LogP contribution is -2.35. The van der Waals surface area contributed by atoms with Gasteiger partial charge in [0.25, 0.3) is 0 Å². The summed E-state index contributed by atoms with van der Waals surface area (Å²) in [6.45, 7) is 1.18. The second-order valence-electron chi connectivity index (χ2n) is 4.36. The molecule has 0 saturated heterocycles. The minimum absolute atomic E-state index is 0.0943. The zero-order valence-corrected chi connectivity index (χ0v) is 11.2. The Bertz CT molecular complexity index is 618. The molecular formula is C13H14F4N4. The van der Waals surface area contributed by atoms with Crippen LogP contribution in [-0.4, -0.2) is 35.4 Å². The zero-order valence-electron chi connectivity index (χ0n) is 11.2. The Hall–Kier alpha value is -2.12. The normalized spacial score (nSPS) is 11.9. The molecule has 8 heteroatoms. The first-order valence-electron chi connectivity index (χ1n) is 6.34. The maximum absolute atomic E-state index is 13.0. The highest BCUT2D eigenvalue weighted by Gasteiger charge is 2.40. The van der Waals surface area contributed by atoms with Crippen molar-refractivity contribution < 1.29 is 17.6 Å². The lowest BCUT2D eigenvalue weighted by molar-refractivity contribution is -0.117. The molecule has 0 aliphatic heterocycles. The lowest BCUT2D eigenvalue weighted by Gasteiger charge is -2.17. The third kappa shape index (κ3) is 3.50. The van der Waals surface area contributed by atoms with Crippen molar-refractivity contribution in [2.45, 2.75) is 19.3 Å². The number of benzene rings is 1. The first-order valence-corrected chi connectivity index (χ1v) is 6.34. The minimum Gasteiger partial charge on any atom is -0.363 e. The number of alkyl halides is 4. The van der Waals surface area contributed by atoms with Crippen molar-refractivity contribution in [2.24, 2.45) is 0 Å². The van der Waals surface area contributed by atoms with E-state index in [2.05, 4.69) is 20.6 Å². The molecule has 0 spiro atoms. The van der Waals surface area contributed by atoms with Gasteiger partial charge in [0.2, 0.25) is 5.95 Å². The van der Waals surface area contributed by atoms with E-state index in [4.69, 9.17) is 0 Å². The summed E-state index contributed by atoms with van der Waals surface area (Å²) in [5.41, 5.74) is 0.534. The quantitative estimate of drug-likeness (QED) is 0.803. The maximum Gasteiger partial charge on any atom is 0.324 e. The molecule has 0 aliphatic carbocycles. The molecule has 2 aromatic rings. The number of nitrogens with zero attached hydrogens (tertiary/aromatic N) is 2. The Kier molecular flexibility index (Phi) is 4.44. The first kappa shape index (κ1) is 15.3.